The normalized spacial score (nSPS) is 13.1. The number of pyridine rings is 2. The molecule has 4 heterocycles. The topological polar surface area (TPSA) is 44.2 Å². The molecule has 0 amide bonds. The maximum atomic E-state index is 5.83. The minimum atomic E-state index is 0.561. The number of ether oxygens (including phenoxy) is 2. The molecule has 0 bridgehead atoms. The fourth-order valence-electron chi connectivity index (χ4n) is 2.28. The first kappa shape index (κ1) is 12.3. The third-order valence-electron chi connectivity index (χ3n) is 3.19. The Bertz CT molecular complexity index is 693. The molecular formula is C16H12N2O2S. The van der Waals surface area contributed by atoms with E-state index in [0.717, 1.165) is 32.6 Å². The Morgan fingerprint density at radius 1 is 0.762 bits per heavy atom. The number of nitrogens with zero attached hydrogens (tertiary/aromatic N) is 2. The zero-order valence-corrected chi connectivity index (χ0v) is 12.0. The number of aromatic nitrogens is 2. The second-order valence-corrected chi connectivity index (χ2v) is 5.57. The van der Waals surface area contributed by atoms with Gasteiger partial charge < -0.3 is 9.47 Å². The van der Waals surface area contributed by atoms with Gasteiger partial charge in [-0.2, -0.15) is 0 Å². The van der Waals surface area contributed by atoms with Crippen LogP contribution in [0.15, 0.2) is 48.8 Å². The van der Waals surface area contributed by atoms with E-state index in [1.54, 1.807) is 23.7 Å². The van der Waals surface area contributed by atoms with Crippen LogP contribution in [0.4, 0.5) is 0 Å². The second-order valence-electron chi connectivity index (χ2n) is 4.55. The quantitative estimate of drug-likeness (QED) is 0.724. The number of hydrogen-bond acceptors (Lipinski definition) is 5. The van der Waals surface area contributed by atoms with E-state index in [-0.39, 0.29) is 0 Å². The molecule has 0 aliphatic carbocycles. The summed E-state index contributed by atoms with van der Waals surface area (Å²) in [5.41, 5.74) is 1.79. The summed E-state index contributed by atoms with van der Waals surface area (Å²) in [5, 5.41) is 0. The summed E-state index contributed by atoms with van der Waals surface area (Å²) in [6, 6.07) is 11.7. The molecule has 0 aromatic carbocycles. The highest BCUT2D eigenvalue weighted by molar-refractivity contribution is 7.19. The van der Waals surface area contributed by atoms with E-state index in [4.69, 9.17) is 9.47 Å². The molecule has 0 spiro atoms. The van der Waals surface area contributed by atoms with E-state index in [9.17, 15) is 0 Å². The largest absolute Gasteiger partial charge is 0.485 e. The standard InChI is InChI=1S/C16H12N2O2S/c1-3-7-17-11(5-1)15-13-14(20-10-9-19-13)16(21-15)12-6-2-4-8-18-12/h1-8H,9-10H2. The maximum Gasteiger partial charge on any atom is 0.182 e. The molecule has 5 heteroatoms. The maximum absolute atomic E-state index is 5.83. The van der Waals surface area contributed by atoms with Gasteiger partial charge in [-0.05, 0) is 24.3 Å². The molecular weight excluding hydrogens is 284 g/mol. The molecule has 3 aromatic heterocycles. The van der Waals surface area contributed by atoms with Crippen molar-refractivity contribution in [2.24, 2.45) is 0 Å². The Kier molecular flexibility index (Phi) is 3.05. The molecule has 0 unspecified atom stereocenters. The van der Waals surface area contributed by atoms with Gasteiger partial charge in [-0.15, -0.1) is 11.3 Å². The number of thiophene rings is 1. The van der Waals surface area contributed by atoms with Gasteiger partial charge in [-0.25, -0.2) is 0 Å². The van der Waals surface area contributed by atoms with Crippen LogP contribution >= 0.6 is 11.3 Å². The fourth-order valence-corrected chi connectivity index (χ4v) is 3.43. The molecule has 1 aliphatic rings. The molecule has 104 valence electrons. The lowest BCUT2D eigenvalue weighted by Gasteiger charge is -2.17. The van der Waals surface area contributed by atoms with Crippen molar-refractivity contribution < 1.29 is 9.47 Å². The van der Waals surface area contributed by atoms with Gasteiger partial charge in [0.25, 0.3) is 0 Å². The second kappa shape index (κ2) is 5.18. The summed E-state index contributed by atoms with van der Waals surface area (Å²) in [5.74, 6) is 1.57. The van der Waals surface area contributed by atoms with Crippen LogP contribution in [0.1, 0.15) is 0 Å². The average molecular weight is 296 g/mol. The number of hydrogen-bond donors (Lipinski definition) is 0. The van der Waals surface area contributed by atoms with Crippen LogP contribution in [0, 0.1) is 0 Å². The first-order valence-electron chi connectivity index (χ1n) is 6.68. The van der Waals surface area contributed by atoms with Crippen LogP contribution < -0.4 is 9.47 Å². The fraction of sp³-hybridized carbons (Fsp3) is 0.125. The van der Waals surface area contributed by atoms with Gasteiger partial charge in [0.1, 0.15) is 13.2 Å². The summed E-state index contributed by atoms with van der Waals surface area (Å²) in [7, 11) is 0. The van der Waals surface area contributed by atoms with Crippen molar-refractivity contribution in [2.75, 3.05) is 13.2 Å². The monoisotopic (exact) mass is 296 g/mol. The molecule has 0 atom stereocenters. The van der Waals surface area contributed by atoms with Gasteiger partial charge in [-0.1, -0.05) is 12.1 Å². The molecule has 0 saturated heterocycles. The smallest absolute Gasteiger partial charge is 0.182 e. The highest BCUT2D eigenvalue weighted by Gasteiger charge is 2.27. The molecule has 0 fully saturated rings. The minimum Gasteiger partial charge on any atom is -0.485 e. The minimum absolute atomic E-state index is 0.561. The van der Waals surface area contributed by atoms with Crippen molar-refractivity contribution in [1.82, 2.24) is 9.97 Å². The van der Waals surface area contributed by atoms with Crippen LogP contribution in [0.3, 0.4) is 0 Å². The Balaban J connectivity index is 1.92. The molecule has 1 aliphatic heterocycles. The van der Waals surface area contributed by atoms with Gasteiger partial charge in [0, 0.05) is 12.4 Å². The van der Waals surface area contributed by atoms with Gasteiger partial charge >= 0.3 is 0 Å². The van der Waals surface area contributed by atoms with Crippen molar-refractivity contribution in [2.45, 2.75) is 0 Å². The molecule has 0 saturated carbocycles. The lowest BCUT2D eigenvalue weighted by atomic mass is 10.2. The van der Waals surface area contributed by atoms with Crippen LogP contribution in [0.2, 0.25) is 0 Å². The van der Waals surface area contributed by atoms with Crippen molar-refractivity contribution in [3.8, 4) is 32.6 Å². The van der Waals surface area contributed by atoms with Crippen molar-refractivity contribution in [3.05, 3.63) is 48.8 Å². The first-order chi connectivity index (χ1) is 10.4. The number of fused-ring (bicyclic) bond motifs is 1. The Hall–Kier alpha value is -2.40. The molecule has 3 aromatic rings. The van der Waals surface area contributed by atoms with E-state index in [1.807, 2.05) is 36.4 Å². The van der Waals surface area contributed by atoms with Gasteiger partial charge in [-0.3, -0.25) is 9.97 Å². The lowest BCUT2D eigenvalue weighted by molar-refractivity contribution is 0.175. The van der Waals surface area contributed by atoms with Crippen molar-refractivity contribution in [3.63, 3.8) is 0 Å². The highest BCUT2D eigenvalue weighted by Crippen LogP contribution is 2.52. The van der Waals surface area contributed by atoms with Crippen LogP contribution in [-0.4, -0.2) is 23.2 Å². The third kappa shape index (κ3) is 2.15. The molecule has 0 radical (unpaired) electrons. The Labute approximate surface area is 126 Å². The molecule has 0 N–H and O–H groups in total. The first-order valence-corrected chi connectivity index (χ1v) is 7.50. The van der Waals surface area contributed by atoms with Crippen LogP contribution in [0.5, 0.6) is 11.5 Å². The van der Waals surface area contributed by atoms with Crippen molar-refractivity contribution >= 4 is 11.3 Å². The predicted octanol–water partition coefficient (Wildman–Crippen LogP) is 3.64. The van der Waals surface area contributed by atoms with Crippen molar-refractivity contribution in [1.29, 1.82) is 0 Å². The Morgan fingerprint density at radius 3 is 1.71 bits per heavy atom. The van der Waals surface area contributed by atoms with Crippen LogP contribution in [0.25, 0.3) is 21.1 Å². The number of rotatable bonds is 2. The predicted molar refractivity (Wildman–Crippen MR) is 81.8 cm³/mol. The summed E-state index contributed by atoms with van der Waals surface area (Å²) in [4.78, 5) is 10.8. The third-order valence-corrected chi connectivity index (χ3v) is 4.39. The lowest BCUT2D eigenvalue weighted by Crippen LogP contribution is -2.15. The zero-order chi connectivity index (χ0) is 14.1. The van der Waals surface area contributed by atoms with E-state index in [1.165, 1.54) is 0 Å². The van der Waals surface area contributed by atoms with E-state index < -0.39 is 0 Å². The Morgan fingerprint density at radius 2 is 1.29 bits per heavy atom. The van der Waals surface area contributed by atoms with E-state index in [0.29, 0.717) is 13.2 Å². The van der Waals surface area contributed by atoms with Gasteiger partial charge in [0.05, 0.1) is 21.1 Å². The molecule has 4 nitrogen and oxygen atoms in total. The average Bonchev–Trinajstić information content (AvgIpc) is 2.96. The highest BCUT2D eigenvalue weighted by atomic mass is 32.1. The van der Waals surface area contributed by atoms with Gasteiger partial charge in [0.15, 0.2) is 11.5 Å². The molecule has 4 rings (SSSR count). The summed E-state index contributed by atoms with van der Waals surface area (Å²) < 4.78 is 11.7. The zero-order valence-electron chi connectivity index (χ0n) is 11.2. The summed E-state index contributed by atoms with van der Waals surface area (Å²) in [6.07, 6.45) is 3.57. The summed E-state index contributed by atoms with van der Waals surface area (Å²) >= 11 is 1.61. The summed E-state index contributed by atoms with van der Waals surface area (Å²) in [6.45, 7) is 1.12. The van der Waals surface area contributed by atoms with Crippen LogP contribution in [-0.2, 0) is 0 Å². The van der Waals surface area contributed by atoms with E-state index in [2.05, 4.69) is 9.97 Å². The molecule has 21 heavy (non-hydrogen) atoms. The SMILES string of the molecule is c1ccc(-c2sc(-c3ccccn3)c3c2OCCO3)nc1. The van der Waals surface area contributed by atoms with Gasteiger partial charge in [0.2, 0.25) is 0 Å². The van der Waals surface area contributed by atoms with E-state index >= 15 is 0 Å².